The van der Waals surface area contributed by atoms with Crippen molar-refractivity contribution in [3.05, 3.63) is 85.1 Å². The van der Waals surface area contributed by atoms with Crippen LogP contribution < -0.4 is 0 Å². The molecule has 78 heavy (non-hydrogen) atoms. The number of allylic oxidation sites excluding steroid dienone is 14. The van der Waals surface area contributed by atoms with E-state index in [-0.39, 0.29) is 31.1 Å². The summed E-state index contributed by atoms with van der Waals surface area (Å²) < 4.78 is 16.9. The number of carbonyl (C=O) groups is 3. The molecule has 0 saturated heterocycles. The first-order valence-corrected chi connectivity index (χ1v) is 33.6. The summed E-state index contributed by atoms with van der Waals surface area (Å²) in [7, 11) is 0. The number of rotatable bonds is 61. The molecular weight excluding hydrogens is 961 g/mol. The summed E-state index contributed by atoms with van der Waals surface area (Å²) in [6.45, 7) is 6.54. The van der Waals surface area contributed by atoms with Gasteiger partial charge in [-0.15, -0.1) is 0 Å². The lowest BCUT2D eigenvalue weighted by atomic mass is 10.0. The second kappa shape index (κ2) is 66.1. The molecule has 0 fully saturated rings. The Hall–Kier alpha value is -3.41. The van der Waals surface area contributed by atoms with Crippen LogP contribution >= 0.6 is 0 Å². The highest BCUT2D eigenvalue weighted by Gasteiger charge is 2.19. The van der Waals surface area contributed by atoms with E-state index in [9.17, 15) is 14.4 Å². The highest BCUT2D eigenvalue weighted by atomic mass is 16.6. The van der Waals surface area contributed by atoms with Crippen LogP contribution in [-0.4, -0.2) is 37.2 Å². The normalized spacial score (nSPS) is 12.6. The standard InChI is InChI=1S/C72H126O6/c1-4-7-10-13-16-19-22-25-27-29-31-32-33-34-35-36-37-38-39-40-42-43-45-47-50-53-56-59-62-65-71(74)77-68-69(67-76-70(73)64-61-58-55-52-49-24-21-18-15-12-9-6-3)78-72(75)66-63-60-57-54-51-48-46-44-41-30-28-26-23-20-17-14-11-8-5-2/h8,11,17,20,22,25-26,28-29,31,33-34,41,44,69H,4-7,9-10,12-16,18-19,21,23-24,27,30,32,35-40,42-43,45-68H2,1-3H3/b11-8-,20-17-,25-22-,28-26-,31-29-,34-33-,44-41-. The molecule has 0 N–H and O–H groups in total. The van der Waals surface area contributed by atoms with Gasteiger partial charge in [-0.25, -0.2) is 0 Å². The number of hydrogen-bond acceptors (Lipinski definition) is 6. The van der Waals surface area contributed by atoms with E-state index in [1.807, 2.05) is 0 Å². The molecule has 0 aliphatic carbocycles. The van der Waals surface area contributed by atoms with E-state index in [0.29, 0.717) is 19.3 Å². The first kappa shape index (κ1) is 74.6. The maximum Gasteiger partial charge on any atom is 0.306 e. The van der Waals surface area contributed by atoms with Crippen molar-refractivity contribution in [3.8, 4) is 0 Å². The lowest BCUT2D eigenvalue weighted by Gasteiger charge is -2.18. The molecule has 450 valence electrons. The predicted molar refractivity (Wildman–Crippen MR) is 339 cm³/mol. The molecule has 0 spiro atoms. The fourth-order valence-electron chi connectivity index (χ4n) is 9.62. The topological polar surface area (TPSA) is 78.9 Å². The molecule has 0 saturated carbocycles. The zero-order valence-corrected chi connectivity index (χ0v) is 51.7. The Labute approximate surface area is 484 Å². The molecule has 1 unspecified atom stereocenters. The largest absolute Gasteiger partial charge is 0.462 e. The fraction of sp³-hybridized carbons (Fsp3) is 0.764. The number of unbranched alkanes of at least 4 members (excludes halogenated alkanes) is 36. The van der Waals surface area contributed by atoms with Gasteiger partial charge in [0.15, 0.2) is 6.10 Å². The van der Waals surface area contributed by atoms with Gasteiger partial charge in [0, 0.05) is 19.3 Å². The average molecular weight is 1090 g/mol. The summed E-state index contributed by atoms with van der Waals surface area (Å²) in [4.78, 5) is 38.3. The van der Waals surface area contributed by atoms with Crippen molar-refractivity contribution in [2.24, 2.45) is 0 Å². The van der Waals surface area contributed by atoms with Crippen molar-refractivity contribution in [2.45, 2.75) is 341 Å². The van der Waals surface area contributed by atoms with E-state index in [4.69, 9.17) is 14.2 Å². The lowest BCUT2D eigenvalue weighted by Crippen LogP contribution is -2.30. The molecule has 0 radical (unpaired) electrons. The molecule has 0 heterocycles. The van der Waals surface area contributed by atoms with E-state index in [0.717, 1.165) is 109 Å². The third-order valence-electron chi connectivity index (χ3n) is 14.6. The zero-order chi connectivity index (χ0) is 56.4. The van der Waals surface area contributed by atoms with Crippen LogP contribution in [0.5, 0.6) is 0 Å². The van der Waals surface area contributed by atoms with Crippen molar-refractivity contribution in [3.63, 3.8) is 0 Å². The van der Waals surface area contributed by atoms with Crippen LogP contribution in [-0.2, 0) is 28.6 Å². The minimum atomic E-state index is -0.784. The van der Waals surface area contributed by atoms with Crippen molar-refractivity contribution < 1.29 is 28.6 Å². The van der Waals surface area contributed by atoms with Crippen LogP contribution in [0.15, 0.2) is 85.1 Å². The van der Waals surface area contributed by atoms with E-state index < -0.39 is 6.10 Å². The Kier molecular flexibility index (Phi) is 63.2. The average Bonchev–Trinajstić information content (AvgIpc) is 3.44. The summed E-state index contributed by atoms with van der Waals surface area (Å²) in [6.07, 6.45) is 87.4. The summed E-state index contributed by atoms with van der Waals surface area (Å²) >= 11 is 0. The van der Waals surface area contributed by atoms with Crippen LogP contribution in [0.4, 0.5) is 0 Å². The maximum atomic E-state index is 12.9. The van der Waals surface area contributed by atoms with Crippen molar-refractivity contribution in [1.82, 2.24) is 0 Å². The van der Waals surface area contributed by atoms with Crippen LogP contribution in [0.2, 0.25) is 0 Å². The van der Waals surface area contributed by atoms with Crippen molar-refractivity contribution in [1.29, 1.82) is 0 Å². The summed E-state index contributed by atoms with van der Waals surface area (Å²) in [5.41, 5.74) is 0. The molecule has 0 aromatic rings. The fourth-order valence-corrected chi connectivity index (χ4v) is 9.62. The highest BCUT2D eigenvalue weighted by Crippen LogP contribution is 2.17. The van der Waals surface area contributed by atoms with Crippen molar-refractivity contribution >= 4 is 17.9 Å². The summed E-state index contributed by atoms with van der Waals surface area (Å²) in [5.74, 6) is -0.879. The van der Waals surface area contributed by atoms with Crippen LogP contribution in [0, 0.1) is 0 Å². The van der Waals surface area contributed by atoms with Gasteiger partial charge in [-0.05, 0) is 96.3 Å². The van der Waals surface area contributed by atoms with E-state index >= 15 is 0 Å². The predicted octanol–water partition coefficient (Wildman–Crippen LogP) is 23.1. The first-order chi connectivity index (χ1) is 38.5. The zero-order valence-electron chi connectivity index (χ0n) is 51.7. The number of hydrogen-bond donors (Lipinski definition) is 0. The van der Waals surface area contributed by atoms with Crippen LogP contribution in [0.25, 0.3) is 0 Å². The summed E-state index contributed by atoms with van der Waals surface area (Å²) in [5, 5.41) is 0. The van der Waals surface area contributed by atoms with Gasteiger partial charge in [0.25, 0.3) is 0 Å². The molecule has 0 aliphatic rings. The van der Waals surface area contributed by atoms with Crippen LogP contribution in [0.3, 0.4) is 0 Å². The van der Waals surface area contributed by atoms with Gasteiger partial charge < -0.3 is 14.2 Å². The first-order valence-electron chi connectivity index (χ1n) is 33.6. The number of esters is 3. The molecule has 6 heteroatoms. The smallest absolute Gasteiger partial charge is 0.306 e. The van der Waals surface area contributed by atoms with Gasteiger partial charge in [-0.1, -0.05) is 305 Å². The Morgan fingerprint density at radius 3 is 0.782 bits per heavy atom. The Morgan fingerprint density at radius 2 is 0.500 bits per heavy atom. The third-order valence-corrected chi connectivity index (χ3v) is 14.6. The molecule has 1 atom stereocenters. The Bertz CT molecular complexity index is 1480. The highest BCUT2D eigenvalue weighted by molar-refractivity contribution is 5.71. The molecule has 0 aromatic heterocycles. The lowest BCUT2D eigenvalue weighted by molar-refractivity contribution is -0.167. The monoisotopic (exact) mass is 1090 g/mol. The number of carbonyl (C=O) groups excluding carboxylic acids is 3. The van der Waals surface area contributed by atoms with E-state index in [1.165, 1.54) is 186 Å². The second-order valence-electron chi connectivity index (χ2n) is 22.4. The minimum Gasteiger partial charge on any atom is -0.462 e. The van der Waals surface area contributed by atoms with Crippen LogP contribution in [0.1, 0.15) is 335 Å². The summed E-state index contributed by atoms with van der Waals surface area (Å²) in [6, 6.07) is 0. The maximum absolute atomic E-state index is 12.9. The van der Waals surface area contributed by atoms with Gasteiger partial charge in [0.1, 0.15) is 13.2 Å². The SMILES string of the molecule is CC/C=C\C/C=C\C/C=C\C/C=C\CCCCCCCCC(=O)OC(COC(=O)CCCCCCCCCCCCCC)COC(=O)CCCCCCCCCCCCCCCC/C=C\C/C=C\C/C=C\CCCCCCC. The molecule has 6 nitrogen and oxygen atoms in total. The van der Waals surface area contributed by atoms with Gasteiger partial charge in [-0.2, -0.15) is 0 Å². The van der Waals surface area contributed by atoms with Gasteiger partial charge in [-0.3, -0.25) is 14.4 Å². The molecule has 0 aliphatic heterocycles. The minimum absolute atomic E-state index is 0.0792. The molecule has 0 rings (SSSR count). The molecular formula is C72H126O6. The van der Waals surface area contributed by atoms with E-state index in [1.54, 1.807) is 0 Å². The Balaban J connectivity index is 4.24. The van der Waals surface area contributed by atoms with Gasteiger partial charge in [0.05, 0.1) is 0 Å². The van der Waals surface area contributed by atoms with Crippen molar-refractivity contribution in [2.75, 3.05) is 13.2 Å². The third kappa shape index (κ3) is 63.4. The molecule has 0 aromatic carbocycles. The van der Waals surface area contributed by atoms with Gasteiger partial charge in [0.2, 0.25) is 0 Å². The van der Waals surface area contributed by atoms with E-state index in [2.05, 4.69) is 106 Å². The Morgan fingerprint density at radius 1 is 0.269 bits per heavy atom. The number of ether oxygens (including phenoxy) is 3. The van der Waals surface area contributed by atoms with Gasteiger partial charge >= 0.3 is 17.9 Å². The second-order valence-corrected chi connectivity index (χ2v) is 22.4. The quantitative estimate of drug-likeness (QED) is 0.0261. The molecule has 0 bridgehead atoms. The molecule has 0 amide bonds.